The van der Waals surface area contributed by atoms with Gasteiger partial charge in [-0.15, -0.1) is 0 Å². The first kappa shape index (κ1) is 20.4. The molecule has 0 radical (unpaired) electrons. The van der Waals surface area contributed by atoms with Crippen LogP contribution in [0.3, 0.4) is 0 Å². The summed E-state index contributed by atoms with van der Waals surface area (Å²) in [6.07, 6.45) is 3.92. The second-order valence-electron chi connectivity index (χ2n) is 6.84. The van der Waals surface area contributed by atoms with Crippen molar-refractivity contribution in [3.63, 3.8) is 0 Å². The number of nitrogens with one attached hydrogen (secondary N) is 1. The van der Waals surface area contributed by atoms with Gasteiger partial charge in [-0.1, -0.05) is 30.3 Å². The van der Waals surface area contributed by atoms with Gasteiger partial charge in [0.1, 0.15) is 5.75 Å². The smallest absolute Gasteiger partial charge is 0.387 e. The van der Waals surface area contributed by atoms with Gasteiger partial charge < -0.3 is 10.1 Å². The second kappa shape index (κ2) is 9.30. The predicted octanol–water partition coefficient (Wildman–Crippen LogP) is 4.87. The van der Waals surface area contributed by atoms with Crippen LogP contribution in [0.2, 0.25) is 0 Å². The van der Waals surface area contributed by atoms with Crippen LogP contribution < -0.4 is 10.1 Å². The number of amides is 1. The van der Waals surface area contributed by atoms with E-state index >= 15 is 0 Å². The summed E-state index contributed by atoms with van der Waals surface area (Å²) in [5.41, 5.74) is 3.75. The van der Waals surface area contributed by atoms with Crippen molar-refractivity contribution in [2.24, 2.45) is 0 Å². The molecule has 1 N–H and O–H groups in total. The average molecular weight is 419 g/mol. The fraction of sp³-hybridized carbons (Fsp3) is 0.125. The van der Waals surface area contributed by atoms with Gasteiger partial charge in [-0.05, 0) is 48.4 Å². The molecule has 2 aromatic heterocycles. The zero-order valence-electron chi connectivity index (χ0n) is 16.5. The van der Waals surface area contributed by atoms with Crippen LogP contribution in [0.4, 0.5) is 8.78 Å². The molecule has 0 spiro atoms. The Bertz CT molecular complexity index is 1180. The Morgan fingerprint density at radius 3 is 2.48 bits per heavy atom. The first-order valence-electron chi connectivity index (χ1n) is 9.72. The molecule has 0 saturated heterocycles. The van der Waals surface area contributed by atoms with Crippen molar-refractivity contribution in [1.29, 1.82) is 0 Å². The number of hydrogen-bond donors (Lipinski definition) is 1. The van der Waals surface area contributed by atoms with E-state index in [9.17, 15) is 13.6 Å². The Kier molecular flexibility index (Phi) is 6.12. The van der Waals surface area contributed by atoms with E-state index in [0.29, 0.717) is 24.2 Å². The Hall–Kier alpha value is -3.87. The minimum absolute atomic E-state index is 0.106. The summed E-state index contributed by atoms with van der Waals surface area (Å²) in [4.78, 5) is 21.7. The first-order chi connectivity index (χ1) is 15.1. The van der Waals surface area contributed by atoms with Crippen molar-refractivity contribution in [2.45, 2.75) is 13.0 Å². The molecule has 4 rings (SSSR count). The number of para-hydroxylation sites is 1. The van der Waals surface area contributed by atoms with Crippen molar-refractivity contribution in [3.05, 3.63) is 90.3 Å². The summed E-state index contributed by atoms with van der Waals surface area (Å²) in [6, 6.07) is 19.4. The Labute approximate surface area is 177 Å². The molecule has 4 aromatic rings. The third-order valence-electron chi connectivity index (χ3n) is 4.78. The molecule has 0 aliphatic heterocycles. The zero-order valence-corrected chi connectivity index (χ0v) is 16.5. The molecule has 1 amide bonds. The molecule has 0 fully saturated rings. The monoisotopic (exact) mass is 419 g/mol. The SMILES string of the molecule is O=C(NCCc1ccc(OC(F)F)cc1)c1cc(-c2ccncc2)nc2ccccc12. The summed E-state index contributed by atoms with van der Waals surface area (Å²) in [6.45, 7) is -2.45. The Morgan fingerprint density at radius 2 is 1.74 bits per heavy atom. The van der Waals surface area contributed by atoms with Gasteiger partial charge in [-0.25, -0.2) is 4.98 Å². The molecule has 2 aromatic carbocycles. The van der Waals surface area contributed by atoms with Crippen molar-refractivity contribution in [2.75, 3.05) is 6.54 Å². The molecule has 0 saturated carbocycles. The van der Waals surface area contributed by atoms with E-state index in [1.54, 1.807) is 30.6 Å². The lowest BCUT2D eigenvalue weighted by atomic mass is 10.0. The lowest BCUT2D eigenvalue weighted by Gasteiger charge is -2.11. The summed E-state index contributed by atoms with van der Waals surface area (Å²) in [5.74, 6) is -0.0961. The highest BCUT2D eigenvalue weighted by Gasteiger charge is 2.14. The molecule has 31 heavy (non-hydrogen) atoms. The van der Waals surface area contributed by atoms with Crippen molar-refractivity contribution in [1.82, 2.24) is 15.3 Å². The number of halogens is 2. The molecule has 7 heteroatoms. The van der Waals surface area contributed by atoms with E-state index in [1.165, 1.54) is 12.1 Å². The molecular weight excluding hydrogens is 400 g/mol. The van der Waals surface area contributed by atoms with E-state index in [0.717, 1.165) is 22.0 Å². The number of carbonyl (C=O) groups excluding carboxylic acids is 1. The largest absolute Gasteiger partial charge is 0.435 e. The third kappa shape index (κ3) is 5.01. The average Bonchev–Trinajstić information content (AvgIpc) is 2.79. The number of nitrogens with zero attached hydrogens (tertiary/aromatic N) is 2. The van der Waals surface area contributed by atoms with Crippen LogP contribution in [-0.2, 0) is 6.42 Å². The first-order valence-corrected chi connectivity index (χ1v) is 9.72. The highest BCUT2D eigenvalue weighted by atomic mass is 19.3. The highest BCUT2D eigenvalue weighted by molar-refractivity contribution is 6.07. The van der Waals surface area contributed by atoms with Gasteiger partial charge in [0, 0.05) is 29.9 Å². The number of pyridine rings is 2. The number of aromatic nitrogens is 2. The number of carbonyl (C=O) groups is 1. The molecule has 0 atom stereocenters. The van der Waals surface area contributed by atoms with Gasteiger partial charge in [-0.3, -0.25) is 9.78 Å². The minimum Gasteiger partial charge on any atom is -0.435 e. The number of hydrogen-bond acceptors (Lipinski definition) is 4. The van der Waals surface area contributed by atoms with E-state index in [-0.39, 0.29) is 11.7 Å². The Morgan fingerprint density at radius 1 is 1.00 bits per heavy atom. The molecular formula is C24H19F2N3O2. The normalized spacial score (nSPS) is 10.9. The number of ether oxygens (including phenoxy) is 1. The minimum atomic E-state index is -2.85. The number of fused-ring (bicyclic) bond motifs is 1. The van der Waals surface area contributed by atoms with E-state index in [1.807, 2.05) is 36.4 Å². The van der Waals surface area contributed by atoms with Crippen LogP contribution >= 0.6 is 0 Å². The molecule has 5 nitrogen and oxygen atoms in total. The molecule has 2 heterocycles. The maximum atomic E-state index is 13.0. The van der Waals surface area contributed by atoms with Crippen LogP contribution in [-0.4, -0.2) is 29.0 Å². The standard InChI is InChI=1S/C24H19F2N3O2/c25-24(26)31-18-7-5-16(6-8-18)9-14-28-23(30)20-15-22(17-10-12-27-13-11-17)29-21-4-2-1-3-19(20)21/h1-8,10-13,15,24H,9,14H2,(H,28,30). The van der Waals surface area contributed by atoms with Gasteiger partial charge in [0.25, 0.3) is 5.91 Å². The van der Waals surface area contributed by atoms with Gasteiger partial charge >= 0.3 is 6.61 Å². The zero-order chi connectivity index (χ0) is 21.6. The van der Waals surface area contributed by atoms with Crippen LogP contribution in [0.25, 0.3) is 22.2 Å². The summed E-state index contributed by atoms with van der Waals surface area (Å²) in [7, 11) is 0. The molecule has 0 bridgehead atoms. The number of rotatable bonds is 7. The predicted molar refractivity (Wildman–Crippen MR) is 114 cm³/mol. The Balaban J connectivity index is 1.49. The van der Waals surface area contributed by atoms with Crippen molar-refractivity contribution < 1.29 is 18.3 Å². The maximum absolute atomic E-state index is 13.0. The number of benzene rings is 2. The van der Waals surface area contributed by atoms with Gasteiger partial charge in [0.05, 0.1) is 16.8 Å². The summed E-state index contributed by atoms with van der Waals surface area (Å²) in [5, 5.41) is 3.70. The van der Waals surface area contributed by atoms with Crippen LogP contribution in [0, 0.1) is 0 Å². The lowest BCUT2D eigenvalue weighted by molar-refractivity contribution is -0.0498. The van der Waals surface area contributed by atoms with Crippen molar-refractivity contribution in [3.8, 4) is 17.0 Å². The number of alkyl halides is 2. The topological polar surface area (TPSA) is 64.1 Å². The van der Waals surface area contributed by atoms with Gasteiger partial charge in [0.2, 0.25) is 0 Å². The maximum Gasteiger partial charge on any atom is 0.387 e. The van der Waals surface area contributed by atoms with E-state index in [4.69, 9.17) is 0 Å². The molecule has 0 aliphatic rings. The van der Waals surface area contributed by atoms with Crippen molar-refractivity contribution >= 4 is 16.8 Å². The van der Waals surface area contributed by atoms with Gasteiger partial charge in [0.15, 0.2) is 0 Å². The summed E-state index contributed by atoms with van der Waals surface area (Å²) >= 11 is 0. The second-order valence-corrected chi connectivity index (χ2v) is 6.84. The quantitative estimate of drug-likeness (QED) is 0.464. The third-order valence-corrected chi connectivity index (χ3v) is 4.78. The van der Waals surface area contributed by atoms with Crippen LogP contribution in [0.1, 0.15) is 15.9 Å². The van der Waals surface area contributed by atoms with E-state index in [2.05, 4.69) is 20.0 Å². The molecule has 0 unspecified atom stereocenters. The summed E-state index contributed by atoms with van der Waals surface area (Å²) < 4.78 is 28.8. The fourth-order valence-electron chi connectivity index (χ4n) is 3.29. The molecule has 0 aliphatic carbocycles. The van der Waals surface area contributed by atoms with E-state index < -0.39 is 6.61 Å². The van der Waals surface area contributed by atoms with Crippen LogP contribution in [0.15, 0.2) is 79.1 Å². The molecule has 156 valence electrons. The van der Waals surface area contributed by atoms with Crippen LogP contribution in [0.5, 0.6) is 5.75 Å². The highest BCUT2D eigenvalue weighted by Crippen LogP contribution is 2.24. The fourth-order valence-corrected chi connectivity index (χ4v) is 3.29. The lowest BCUT2D eigenvalue weighted by Crippen LogP contribution is -2.26. The van der Waals surface area contributed by atoms with Gasteiger partial charge in [-0.2, -0.15) is 8.78 Å².